The predicted molar refractivity (Wildman–Crippen MR) is 94.7 cm³/mol. The van der Waals surface area contributed by atoms with Crippen molar-refractivity contribution in [1.29, 1.82) is 0 Å². The molecule has 2 aromatic heterocycles. The van der Waals surface area contributed by atoms with Crippen molar-refractivity contribution >= 4 is 35.6 Å². The van der Waals surface area contributed by atoms with Gasteiger partial charge in [-0.25, -0.2) is 4.98 Å². The molecule has 4 N–H and O–H groups in total. The van der Waals surface area contributed by atoms with Gasteiger partial charge in [0.15, 0.2) is 10.8 Å². The molecule has 7 nitrogen and oxygen atoms in total. The number of carbonyl (C=O) groups is 2. The fourth-order valence-electron chi connectivity index (χ4n) is 1.74. The lowest BCUT2D eigenvalue weighted by atomic mass is 10.1. The van der Waals surface area contributed by atoms with Crippen molar-refractivity contribution < 1.29 is 14.0 Å². The first-order valence-electron chi connectivity index (χ1n) is 7.25. The summed E-state index contributed by atoms with van der Waals surface area (Å²) in [6.45, 7) is 3.89. The maximum Gasteiger partial charge on any atom is 0.239 e. The van der Waals surface area contributed by atoms with Gasteiger partial charge >= 0.3 is 0 Å². The van der Waals surface area contributed by atoms with E-state index in [0.29, 0.717) is 12.3 Å². The fraction of sp³-hybridized carbons (Fsp3) is 0.400. The first-order valence-corrected chi connectivity index (χ1v) is 8.13. The van der Waals surface area contributed by atoms with Crippen LogP contribution in [0, 0.1) is 5.92 Å². The van der Waals surface area contributed by atoms with E-state index >= 15 is 0 Å². The third-order valence-electron chi connectivity index (χ3n) is 3.19. The van der Waals surface area contributed by atoms with Gasteiger partial charge in [-0.1, -0.05) is 13.8 Å². The Balaban J connectivity index is 0.00000288. The average molecular weight is 373 g/mol. The molecule has 2 aromatic rings. The highest BCUT2D eigenvalue weighted by atomic mass is 35.5. The third-order valence-corrected chi connectivity index (χ3v) is 4.10. The van der Waals surface area contributed by atoms with Gasteiger partial charge in [0.2, 0.25) is 11.8 Å². The number of carbonyl (C=O) groups excluding carboxylic acids is 2. The number of furan rings is 1. The Bertz CT molecular complexity index is 657. The smallest absolute Gasteiger partial charge is 0.239 e. The number of halogens is 1. The summed E-state index contributed by atoms with van der Waals surface area (Å²) in [6, 6.07) is 3.01. The Labute approximate surface area is 150 Å². The molecule has 0 aliphatic rings. The van der Waals surface area contributed by atoms with Crippen LogP contribution in [0.15, 0.2) is 28.2 Å². The van der Waals surface area contributed by atoms with Gasteiger partial charge in [0.05, 0.1) is 31.1 Å². The Morgan fingerprint density at radius 3 is 2.75 bits per heavy atom. The zero-order valence-corrected chi connectivity index (χ0v) is 15.1. The molecule has 0 saturated carbocycles. The quantitative estimate of drug-likeness (QED) is 0.682. The van der Waals surface area contributed by atoms with Gasteiger partial charge < -0.3 is 20.8 Å². The van der Waals surface area contributed by atoms with Crippen LogP contribution in [-0.4, -0.2) is 29.4 Å². The topological polar surface area (TPSA) is 110 Å². The van der Waals surface area contributed by atoms with E-state index in [4.69, 9.17) is 10.2 Å². The van der Waals surface area contributed by atoms with Crippen molar-refractivity contribution in [2.75, 3.05) is 6.54 Å². The minimum Gasteiger partial charge on any atom is -0.462 e. The molecule has 2 rings (SSSR count). The van der Waals surface area contributed by atoms with Crippen LogP contribution in [0.1, 0.15) is 19.5 Å². The minimum atomic E-state index is -0.614. The van der Waals surface area contributed by atoms with Crippen LogP contribution in [-0.2, 0) is 16.1 Å². The van der Waals surface area contributed by atoms with Gasteiger partial charge in [-0.05, 0) is 18.1 Å². The van der Waals surface area contributed by atoms with Crippen molar-refractivity contribution in [2.24, 2.45) is 11.7 Å². The average Bonchev–Trinajstić information content (AvgIpc) is 3.20. The van der Waals surface area contributed by atoms with Crippen molar-refractivity contribution in [2.45, 2.75) is 26.4 Å². The molecule has 0 spiro atoms. The monoisotopic (exact) mass is 372 g/mol. The van der Waals surface area contributed by atoms with E-state index < -0.39 is 6.04 Å². The van der Waals surface area contributed by atoms with Gasteiger partial charge in [0.1, 0.15) is 0 Å². The summed E-state index contributed by atoms with van der Waals surface area (Å²) < 4.78 is 5.27. The Morgan fingerprint density at radius 1 is 1.38 bits per heavy atom. The number of nitrogens with two attached hydrogens (primary N) is 1. The number of hydrogen-bond donors (Lipinski definition) is 3. The minimum absolute atomic E-state index is 0. The second-order valence-corrected chi connectivity index (χ2v) is 6.24. The van der Waals surface area contributed by atoms with Crippen molar-refractivity contribution in [3.05, 3.63) is 29.5 Å². The van der Waals surface area contributed by atoms with E-state index in [1.165, 1.54) is 11.3 Å². The number of hydrogen-bond acceptors (Lipinski definition) is 6. The summed E-state index contributed by atoms with van der Waals surface area (Å²) in [6.07, 6.45) is 1.59. The molecule has 0 unspecified atom stereocenters. The standard InChI is InChI=1S/C15H20N4O3S.ClH/c1-9(2)13(16)14(21)18-7-12(20)17-6-10-8-23-15(19-10)11-4-3-5-22-11;/h3-5,8-9,13H,6-7,16H2,1-2H3,(H,17,20)(H,18,21);1H/t13-;/m0./s1. The summed E-state index contributed by atoms with van der Waals surface area (Å²) >= 11 is 1.44. The van der Waals surface area contributed by atoms with Gasteiger partial charge in [0.25, 0.3) is 0 Å². The van der Waals surface area contributed by atoms with Gasteiger partial charge in [-0.15, -0.1) is 23.7 Å². The summed E-state index contributed by atoms with van der Waals surface area (Å²) in [4.78, 5) is 27.8. The second-order valence-electron chi connectivity index (χ2n) is 5.39. The molecule has 0 saturated heterocycles. The van der Waals surface area contributed by atoms with Crippen LogP contribution in [0.2, 0.25) is 0 Å². The summed E-state index contributed by atoms with van der Waals surface area (Å²) in [5.41, 5.74) is 6.44. The largest absolute Gasteiger partial charge is 0.462 e. The van der Waals surface area contributed by atoms with Crippen molar-refractivity contribution in [1.82, 2.24) is 15.6 Å². The molecule has 9 heteroatoms. The fourth-order valence-corrected chi connectivity index (χ4v) is 2.53. The van der Waals surface area contributed by atoms with E-state index in [1.54, 1.807) is 12.3 Å². The highest BCUT2D eigenvalue weighted by Crippen LogP contribution is 2.23. The normalized spacial score (nSPS) is 11.7. The summed E-state index contributed by atoms with van der Waals surface area (Å²) in [7, 11) is 0. The van der Waals surface area contributed by atoms with Crippen LogP contribution >= 0.6 is 23.7 Å². The van der Waals surface area contributed by atoms with Gasteiger partial charge in [-0.2, -0.15) is 0 Å². The lowest BCUT2D eigenvalue weighted by molar-refractivity contribution is -0.127. The molecule has 24 heavy (non-hydrogen) atoms. The van der Waals surface area contributed by atoms with E-state index in [0.717, 1.165) is 10.7 Å². The van der Waals surface area contributed by atoms with Crippen molar-refractivity contribution in [3.63, 3.8) is 0 Å². The molecule has 0 aliphatic heterocycles. The van der Waals surface area contributed by atoms with Crippen LogP contribution in [0.4, 0.5) is 0 Å². The molecule has 0 aliphatic carbocycles. The maximum atomic E-state index is 11.7. The SMILES string of the molecule is CC(C)[C@H](N)C(=O)NCC(=O)NCc1csc(-c2ccco2)n1.Cl. The maximum absolute atomic E-state index is 11.7. The molecule has 2 heterocycles. The molecule has 2 amide bonds. The number of thiazole rings is 1. The zero-order valence-electron chi connectivity index (χ0n) is 13.4. The number of amides is 2. The lowest BCUT2D eigenvalue weighted by Crippen LogP contribution is -2.47. The first kappa shape index (κ1) is 20.1. The van der Waals surface area contributed by atoms with E-state index in [9.17, 15) is 9.59 Å². The number of aromatic nitrogens is 1. The molecule has 132 valence electrons. The van der Waals surface area contributed by atoms with Gasteiger partial charge in [0, 0.05) is 5.38 Å². The van der Waals surface area contributed by atoms with Crippen LogP contribution in [0.25, 0.3) is 10.8 Å². The summed E-state index contributed by atoms with van der Waals surface area (Å²) in [5, 5.41) is 7.83. The van der Waals surface area contributed by atoms with E-state index in [1.807, 2.05) is 25.3 Å². The van der Waals surface area contributed by atoms with E-state index in [2.05, 4.69) is 15.6 Å². The second kappa shape index (κ2) is 9.41. The lowest BCUT2D eigenvalue weighted by Gasteiger charge is -2.14. The highest BCUT2D eigenvalue weighted by Gasteiger charge is 2.17. The molecule has 0 radical (unpaired) electrons. The molecule has 0 bridgehead atoms. The number of nitrogens with one attached hydrogen (secondary N) is 2. The van der Waals surface area contributed by atoms with Crippen LogP contribution in [0.5, 0.6) is 0 Å². The molecule has 0 aromatic carbocycles. The molecular formula is C15H21ClN4O3S. The third kappa shape index (κ3) is 5.63. The molecular weight excluding hydrogens is 352 g/mol. The number of nitrogens with zero attached hydrogens (tertiary/aromatic N) is 1. The van der Waals surface area contributed by atoms with Crippen molar-refractivity contribution in [3.8, 4) is 10.8 Å². The summed E-state index contributed by atoms with van der Waals surface area (Å²) in [5.74, 6) is 0.0985. The zero-order chi connectivity index (χ0) is 16.8. The van der Waals surface area contributed by atoms with E-state index in [-0.39, 0.29) is 36.7 Å². The van der Waals surface area contributed by atoms with Gasteiger partial charge in [-0.3, -0.25) is 9.59 Å². The van der Waals surface area contributed by atoms with Crippen LogP contribution < -0.4 is 16.4 Å². The Kier molecular flexibility index (Phi) is 7.90. The van der Waals surface area contributed by atoms with Crippen LogP contribution in [0.3, 0.4) is 0 Å². The highest BCUT2D eigenvalue weighted by molar-refractivity contribution is 7.13. The molecule has 0 fully saturated rings. The predicted octanol–water partition coefficient (Wildman–Crippen LogP) is 1.54. The Morgan fingerprint density at radius 2 is 2.12 bits per heavy atom. The Hall–Kier alpha value is -1.90. The first-order chi connectivity index (χ1) is 11.0. The number of rotatable bonds is 7. The molecule has 1 atom stereocenters.